The van der Waals surface area contributed by atoms with Crippen LogP contribution in [0.5, 0.6) is 0 Å². The predicted octanol–water partition coefficient (Wildman–Crippen LogP) is 3.47. The van der Waals surface area contributed by atoms with Gasteiger partial charge in [-0.15, -0.1) is 0 Å². The Morgan fingerprint density at radius 3 is 2.47 bits per heavy atom. The van der Waals surface area contributed by atoms with E-state index in [1.807, 2.05) is 27.7 Å². The largest absolute Gasteiger partial charge is 0.632 e. The third kappa shape index (κ3) is 3.21. The third-order valence-corrected chi connectivity index (χ3v) is 4.47. The minimum atomic E-state index is -0.293. The molecule has 102 valence electrons. The molecule has 0 aromatic carbocycles. The summed E-state index contributed by atoms with van der Waals surface area (Å²) < 4.78 is 5.72. The van der Waals surface area contributed by atoms with Crippen molar-refractivity contribution in [1.29, 1.82) is 0 Å². The van der Waals surface area contributed by atoms with Gasteiger partial charge in [0.05, 0.1) is 13.2 Å². The average Bonchev–Trinajstić information content (AvgIpc) is 2.28. The van der Waals surface area contributed by atoms with Crippen LogP contribution in [-0.4, -0.2) is 35.5 Å². The van der Waals surface area contributed by atoms with Crippen molar-refractivity contribution in [1.82, 2.24) is 0 Å². The number of rotatable bonds is 5. The molecule has 0 spiro atoms. The predicted molar refractivity (Wildman–Crippen MR) is 71.6 cm³/mol. The molecule has 0 N–H and O–H groups in total. The van der Waals surface area contributed by atoms with Crippen LogP contribution in [0.4, 0.5) is 0 Å². The van der Waals surface area contributed by atoms with Crippen LogP contribution in [0, 0.1) is 5.21 Å². The number of hydrogen-bond acceptors (Lipinski definition) is 2. The zero-order valence-electron chi connectivity index (χ0n) is 12.2. The zero-order chi connectivity index (χ0) is 13.1. The van der Waals surface area contributed by atoms with Gasteiger partial charge in [-0.25, -0.2) is 0 Å². The van der Waals surface area contributed by atoms with Crippen LogP contribution in [0.25, 0.3) is 0 Å². The summed E-state index contributed by atoms with van der Waals surface area (Å²) in [5.41, 5.74) is -0.293. The molecule has 1 heterocycles. The molecule has 0 aromatic heterocycles. The summed E-state index contributed by atoms with van der Waals surface area (Å²) in [7, 11) is 0. The minimum absolute atomic E-state index is 0.0212. The van der Waals surface area contributed by atoms with Crippen molar-refractivity contribution in [2.75, 3.05) is 13.2 Å². The van der Waals surface area contributed by atoms with E-state index >= 15 is 0 Å². The average molecular weight is 243 g/mol. The summed E-state index contributed by atoms with van der Waals surface area (Å²) in [4.78, 5) is 0. The highest BCUT2D eigenvalue weighted by Gasteiger charge is 2.46. The van der Waals surface area contributed by atoms with Crippen molar-refractivity contribution in [3.8, 4) is 0 Å². The standard InChI is InChI=1S/C14H29NO2/c1-6-7-8-9-10-15(16)12(2)11-17-14(4,5)13(15)3/h12-13H,6-11H2,1-5H3. The number of quaternary nitrogens is 1. The fraction of sp³-hybridized carbons (Fsp3) is 1.00. The number of hydrogen-bond donors (Lipinski definition) is 0. The van der Waals surface area contributed by atoms with Crippen LogP contribution in [0.15, 0.2) is 0 Å². The van der Waals surface area contributed by atoms with E-state index in [9.17, 15) is 5.21 Å². The molecule has 3 nitrogen and oxygen atoms in total. The van der Waals surface area contributed by atoms with Gasteiger partial charge in [-0.2, -0.15) is 0 Å². The van der Waals surface area contributed by atoms with Crippen molar-refractivity contribution >= 4 is 0 Å². The van der Waals surface area contributed by atoms with E-state index in [1.54, 1.807) is 0 Å². The zero-order valence-corrected chi connectivity index (χ0v) is 12.2. The van der Waals surface area contributed by atoms with E-state index in [0.717, 1.165) is 13.0 Å². The van der Waals surface area contributed by atoms with Gasteiger partial charge in [0.2, 0.25) is 0 Å². The van der Waals surface area contributed by atoms with Crippen molar-refractivity contribution < 1.29 is 9.38 Å². The smallest absolute Gasteiger partial charge is 0.115 e. The first-order valence-electron chi connectivity index (χ1n) is 7.07. The lowest BCUT2D eigenvalue weighted by Crippen LogP contribution is -2.68. The van der Waals surface area contributed by atoms with Crippen LogP contribution in [-0.2, 0) is 4.74 Å². The van der Waals surface area contributed by atoms with Gasteiger partial charge in [-0.1, -0.05) is 19.8 Å². The van der Waals surface area contributed by atoms with Gasteiger partial charge in [-0.05, 0) is 40.5 Å². The van der Waals surface area contributed by atoms with Crippen molar-refractivity contribution in [3.63, 3.8) is 0 Å². The highest BCUT2D eigenvalue weighted by Crippen LogP contribution is 2.34. The Kier molecular flexibility index (Phi) is 4.99. The van der Waals surface area contributed by atoms with Crippen LogP contribution in [0.3, 0.4) is 0 Å². The summed E-state index contributed by atoms with van der Waals surface area (Å²) in [6.07, 6.45) is 4.68. The Hall–Kier alpha value is -0.120. The first kappa shape index (κ1) is 14.9. The molecule has 0 saturated carbocycles. The van der Waals surface area contributed by atoms with E-state index in [0.29, 0.717) is 6.61 Å². The Morgan fingerprint density at radius 1 is 1.24 bits per heavy atom. The molecule has 17 heavy (non-hydrogen) atoms. The molecule has 1 saturated heterocycles. The van der Waals surface area contributed by atoms with Crippen LogP contribution in [0.1, 0.15) is 60.3 Å². The van der Waals surface area contributed by atoms with E-state index < -0.39 is 0 Å². The Bertz CT molecular complexity index is 242. The van der Waals surface area contributed by atoms with Crippen LogP contribution >= 0.6 is 0 Å². The lowest BCUT2D eigenvalue weighted by atomic mass is 9.93. The number of hydroxylamine groups is 3. The molecule has 1 aliphatic heterocycles. The minimum Gasteiger partial charge on any atom is -0.632 e. The molecule has 0 aromatic rings. The summed E-state index contributed by atoms with van der Waals surface area (Å²) in [6, 6.07) is 0.0903. The molecule has 1 rings (SSSR count). The molecule has 0 radical (unpaired) electrons. The van der Waals surface area contributed by atoms with Gasteiger partial charge >= 0.3 is 0 Å². The van der Waals surface area contributed by atoms with Gasteiger partial charge in [0.25, 0.3) is 0 Å². The van der Waals surface area contributed by atoms with Gasteiger partial charge in [0.15, 0.2) is 0 Å². The molecular weight excluding hydrogens is 214 g/mol. The topological polar surface area (TPSA) is 32.3 Å². The van der Waals surface area contributed by atoms with Crippen molar-refractivity contribution in [2.24, 2.45) is 0 Å². The van der Waals surface area contributed by atoms with E-state index in [-0.39, 0.29) is 22.3 Å². The Morgan fingerprint density at radius 2 is 1.88 bits per heavy atom. The molecule has 0 bridgehead atoms. The first-order valence-corrected chi connectivity index (χ1v) is 7.07. The molecule has 1 fully saturated rings. The molecular formula is C14H29NO2. The fourth-order valence-electron chi connectivity index (χ4n) is 2.69. The van der Waals surface area contributed by atoms with E-state index in [1.165, 1.54) is 19.3 Å². The van der Waals surface area contributed by atoms with Crippen LogP contribution < -0.4 is 0 Å². The van der Waals surface area contributed by atoms with Crippen LogP contribution in [0.2, 0.25) is 0 Å². The molecule has 3 atom stereocenters. The lowest BCUT2D eigenvalue weighted by molar-refractivity contribution is -0.942. The monoisotopic (exact) mass is 243 g/mol. The second kappa shape index (κ2) is 5.68. The quantitative estimate of drug-likeness (QED) is 0.421. The maximum absolute atomic E-state index is 13.0. The van der Waals surface area contributed by atoms with E-state index in [4.69, 9.17) is 4.74 Å². The van der Waals surface area contributed by atoms with Crippen molar-refractivity contribution in [3.05, 3.63) is 5.21 Å². The number of nitrogens with zero attached hydrogens (tertiary/aromatic N) is 1. The van der Waals surface area contributed by atoms with Gasteiger partial charge in [0.1, 0.15) is 17.7 Å². The molecule has 0 aliphatic carbocycles. The Balaban J connectivity index is 2.62. The first-order chi connectivity index (χ1) is 7.84. The Labute approximate surface area is 106 Å². The highest BCUT2D eigenvalue weighted by atomic mass is 16.6. The van der Waals surface area contributed by atoms with Gasteiger partial charge < -0.3 is 14.6 Å². The normalized spacial score (nSPS) is 37.1. The SMILES string of the molecule is CCCCCC[N+]1([O-])C(C)COC(C)(C)C1C. The summed E-state index contributed by atoms with van der Waals surface area (Å²) in [6.45, 7) is 11.7. The van der Waals surface area contributed by atoms with Crippen molar-refractivity contribution in [2.45, 2.75) is 78.0 Å². The van der Waals surface area contributed by atoms with Gasteiger partial charge in [0, 0.05) is 0 Å². The maximum Gasteiger partial charge on any atom is 0.115 e. The lowest BCUT2D eigenvalue weighted by Gasteiger charge is -2.59. The second-order valence-electron chi connectivity index (χ2n) is 6.08. The van der Waals surface area contributed by atoms with Gasteiger partial charge in [-0.3, -0.25) is 0 Å². The molecule has 1 aliphatic rings. The molecule has 3 heteroatoms. The maximum atomic E-state index is 13.0. The third-order valence-electron chi connectivity index (χ3n) is 4.47. The summed E-state index contributed by atoms with van der Waals surface area (Å²) >= 11 is 0. The van der Waals surface area contributed by atoms with E-state index in [2.05, 4.69) is 6.92 Å². The highest BCUT2D eigenvalue weighted by molar-refractivity contribution is 4.84. The second-order valence-corrected chi connectivity index (χ2v) is 6.08. The number of morpholine rings is 1. The molecule has 0 amide bonds. The molecule has 3 unspecified atom stereocenters. The summed E-state index contributed by atoms with van der Waals surface area (Å²) in [5.74, 6) is 0. The number of unbranched alkanes of at least 4 members (excludes halogenated alkanes) is 3. The fourth-order valence-corrected chi connectivity index (χ4v) is 2.69. The number of ether oxygens (including phenoxy) is 1. The summed E-state index contributed by atoms with van der Waals surface area (Å²) in [5, 5.41) is 13.0.